The Balaban J connectivity index is 2.84. The van der Waals surface area contributed by atoms with Crippen molar-refractivity contribution in [2.24, 2.45) is 11.8 Å². The van der Waals surface area contributed by atoms with Gasteiger partial charge < -0.3 is 5.32 Å². The van der Waals surface area contributed by atoms with Gasteiger partial charge in [0.15, 0.2) is 5.78 Å². The molecular weight excluding hydrogens is 226 g/mol. The summed E-state index contributed by atoms with van der Waals surface area (Å²) in [5.41, 5.74) is 1.11. The molecule has 0 unspecified atom stereocenters. The van der Waals surface area contributed by atoms with Crippen LogP contribution in [-0.2, 0) is 9.59 Å². The third-order valence-electron chi connectivity index (χ3n) is 3.36. The van der Waals surface area contributed by atoms with Crippen LogP contribution in [0.25, 0.3) is 0 Å². The molecule has 0 aromatic carbocycles. The molecule has 3 heteroatoms. The van der Waals surface area contributed by atoms with Crippen LogP contribution in [0.1, 0.15) is 53.4 Å². The van der Waals surface area contributed by atoms with Crippen molar-refractivity contribution in [2.45, 2.75) is 59.4 Å². The van der Waals surface area contributed by atoms with Gasteiger partial charge in [-0.1, -0.05) is 33.8 Å². The number of carbonyl (C=O) groups excluding carboxylic acids is 2. The molecule has 0 bridgehead atoms. The summed E-state index contributed by atoms with van der Waals surface area (Å²) >= 11 is 0. The van der Waals surface area contributed by atoms with Gasteiger partial charge in [-0.15, -0.1) is 0 Å². The number of amides is 1. The zero-order chi connectivity index (χ0) is 13.7. The zero-order valence-corrected chi connectivity index (χ0v) is 12.0. The lowest BCUT2D eigenvalue weighted by atomic mass is 9.88. The minimum Gasteiger partial charge on any atom is -0.342 e. The summed E-state index contributed by atoms with van der Waals surface area (Å²) < 4.78 is 0. The first kappa shape index (κ1) is 14.9. The summed E-state index contributed by atoms with van der Waals surface area (Å²) in [4.78, 5) is 24.1. The van der Waals surface area contributed by atoms with E-state index in [2.05, 4.69) is 11.4 Å². The Hall–Kier alpha value is -1.12. The van der Waals surface area contributed by atoms with Crippen LogP contribution in [0.4, 0.5) is 0 Å². The number of nitrogens with one attached hydrogen (secondary N) is 1. The normalized spacial score (nSPS) is 17.6. The second-order valence-electron chi connectivity index (χ2n) is 5.68. The van der Waals surface area contributed by atoms with Crippen LogP contribution in [0.3, 0.4) is 0 Å². The lowest BCUT2D eigenvalue weighted by molar-refractivity contribution is -0.130. The first-order valence-electron chi connectivity index (χ1n) is 6.96. The predicted octanol–water partition coefficient (Wildman–Crippen LogP) is 2.85. The predicted molar refractivity (Wildman–Crippen MR) is 73.2 cm³/mol. The highest BCUT2D eigenvalue weighted by Crippen LogP contribution is 2.22. The number of allylic oxidation sites excluding steroid dienone is 1. The van der Waals surface area contributed by atoms with E-state index >= 15 is 0 Å². The molecule has 1 rings (SSSR count). The molecule has 0 heterocycles. The zero-order valence-electron chi connectivity index (χ0n) is 12.0. The first-order chi connectivity index (χ1) is 8.43. The van der Waals surface area contributed by atoms with Crippen molar-refractivity contribution in [3.05, 3.63) is 11.6 Å². The smallest absolute Gasteiger partial charge is 0.223 e. The highest BCUT2D eigenvalue weighted by molar-refractivity contribution is 5.93. The molecule has 1 N–H and O–H groups in total. The standard InChI is InChI=1S/C15H25NO2/c1-10(2)14(17)13(16-15(18)11(3)4)12-8-6-5-7-9-12/h8,10-11,13H,5-7,9H2,1-4H3,(H,16,18)/t13-/m1/s1. The van der Waals surface area contributed by atoms with Crippen LogP contribution in [0.15, 0.2) is 11.6 Å². The molecule has 0 aromatic heterocycles. The second kappa shape index (κ2) is 6.72. The van der Waals surface area contributed by atoms with Crippen molar-refractivity contribution in [3.63, 3.8) is 0 Å². The van der Waals surface area contributed by atoms with Crippen molar-refractivity contribution in [2.75, 3.05) is 0 Å². The average molecular weight is 251 g/mol. The van der Waals surface area contributed by atoms with Gasteiger partial charge in [-0.25, -0.2) is 0 Å². The van der Waals surface area contributed by atoms with Gasteiger partial charge in [-0.2, -0.15) is 0 Å². The van der Waals surface area contributed by atoms with E-state index in [0.29, 0.717) is 0 Å². The molecule has 0 aliphatic heterocycles. The summed E-state index contributed by atoms with van der Waals surface area (Å²) in [7, 11) is 0. The molecule has 18 heavy (non-hydrogen) atoms. The number of ketones is 1. The molecule has 0 aromatic rings. The second-order valence-corrected chi connectivity index (χ2v) is 5.68. The highest BCUT2D eigenvalue weighted by atomic mass is 16.2. The van der Waals surface area contributed by atoms with Crippen molar-refractivity contribution in [3.8, 4) is 0 Å². The maximum atomic E-state index is 12.2. The fourth-order valence-corrected chi connectivity index (χ4v) is 2.11. The highest BCUT2D eigenvalue weighted by Gasteiger charge is 2.27. The Bertz CT molecular complexity index is 342. The lowest BCUT2D eigenvalue weighted by Gasteiger charge is -2.25. The van der Waals surface area contributed by atoms with Gasteiger partial charge in [0, 0.05) is 11.8 Å². The number of rotatable bonds is 5. The minimum absolute atomic E-state index is 0.0412. The molecule has 3 nitrogen and oxygen atoms in total. The van der Waals surface area contributed by atoms with Crippen molar-refractivity contribution in [1.29, 1.82) is 0 Å². The lowest BCUT2D eigenvalue weighted by Crippen LogP contribution is -2.45. The third kappa shape index (κ3) is 3.97. The summed E-state index contributed by atoms with van der Waals surface area (Å²) in [5, 5.41) is 2.91. The molecule has 1 aliphatic carbocycles. The number of hydrogen-bond acceptors (Lipinski definition) is 2. The van der Waals surface area contributed by atoms with E-state index in [1.54, 1.807) is 0 Å². The van der Waals surface area contributed by atoms with Gasteiger partial charge in [0.05, 0.1) is 0 Å². The average Bonchev–Trinajstić information content (AvgIpc) is 2.35. The Morgan fingerprint density at radius 1 is 1.11 bits per heavy atom. The van der Waals surface area contributed by atoms with Crippen molar-refractivity contribution in [1.82, 2.24) is 5.32 Å². The van der Waals surface area contributed by atoms with E-state index in [4.69, 9.17) is 0 Å². The quantitative estimate of drug-likeness (QED) is 0.764. The Morgan fingerprint density at radius 3 is 2.22 bits per heavy atom. The first-order valence-corrected chi connectivity index (χ1v) is 6.96. The van der Waals surface area contributed by atoms with E-state index in [1.165, 1.54) is 6.42 Å². The van der Waals surface area contributed by atoms with E-state index in [1.807, 2.05) is 27.7 Å². The van der Waals surface area contributed by atoms with Crippen LogP contribution in [0.5, 0.6) is 0 Å². The molecule has 1 aliphatic rings. The van der Waals surface area contributed by atoms with Gasteiger partial charge in [-0.3, -0.25) is 9.59 Å². The summed E-state index contributed by atoms with van der Waals surface area (Å²) in [6, 6.07) is -0.403. The molecule has 1 atom stereocenters. The molecule has 0 saturated carbocycles. The van der Waals surface area contributed by atoms with Crippen LogP contribution < -0.4 is 5.32 Å². The number of carbonyl (C=O) groups is 2. The van der Waals surface area contributed by atoms with Gasteiger partial charge in [0.2, 0.25) is 5.91 Å². The van der Waals surface area contributed by atoms with Crippen LogP contribution in [0.2, 0.25) is 0 Å². The monoisotopic (exact) mass is 251 g/mol. The Kier molecular flexibility index (Phi) is 5.57. The molecule has 102 valence electrons. The summed E-state index contributed by atoms with van der Waals surface area (Å²) in [6.07, 6.45) is 6.39. The van der Waals surface area contributed by atoms with Gasteiger partial charge in [0.25, 0.3) is 0 Å². The molecule has 1 amide bonds. The fraction of sp³-hybridized carbons (Fsp3) is 0.733. The minimum atomic E-state index is -0.403. The summed E-state index contributed by atoms with van der Waals surface area (Å²) in [5.74, 6) is -0.0560. The molecule has 0 fully saturated rings. The van der Waals surface area contributed by atoms with E-state index in [9.17, 15) is 9.59 Å². The topological polar surface area (TPSA) is 46.2 Å². The molecular formula is C15H25NO2. The largest absolute Gasteiger partial charge is 0.342 e. The van der Waals surface area contributed by atoms with Crippen LogP contribution in [-0.4, -0.2) is 17.7 Å². The Morgan fingerprint density at radius 2 is 1.78 bits per heavy atom. The van der Waals surface area contributed by atoms with Gasteiger partial charge >= 0.3 is 0 Å². The molecule has 0 saturated heterocycles. The van der Waals surface area contributed by atoms with Gasteiger partial charge in [-0.05, 0) is 31.3 Å². The molecule has 0 radical (unpaired) electrons. The van der Waals surface area contributed by atoms with Crippen LogP contribution in [0, 0.1) is 11.8 Å². The fourth-order valence-electron chi connectivity index (χ4n) is 2.11. The summed E-state index contributed by atoms with van der Waals surface area (Å²) in [6.45, 7) is 7.48. The van der Waals surface area contributed by atoms with E-state index in [-0.39, 0.29) is 23.5 Å². The van der Waals surface area contributed by atoms with Gasteiger partial charge in [0.1, 0.15) is 6.04 Å². The van der Waals surface area contributed by atoms with Crippen molar-refractivity contribution < 1.29 is 9.59 Å². The van der Waals surface area contributed by atoms with Crippen LogP contribution >= 0.6 is 0 Å². The van der Waals surface area contributed by atoms with E-state index < -0.39 is 6.04 Å². The number of Topliss-reactive ketones (excluding diaryl/α,β-unsaturated/α-hetero) is 1. The third-order valence-corrected chi connectivity index (χ3v) is 3.36. The molecule has 0 spiro atoms. The maximum Gasteiger partial charge on any atom is 0.223 e. The number of hydrogen-bond donors (Lipinski definition) is 1. The van der Waals surface area contributed by atoms with E-state index in [0.717, 1.165) is 24.8 Å². The Labute approximate surface area is 110 Å². The SMILES string of the molecule is CC(C)C(=O)N[C@@H](C(=O)C(C)C)C1=CCCCC1. The van der Waals surface area contributed by atoms with Crippen molar-refractivity contribution >= 4 is 11.7 Å². The maximum absolute atomic E-state index is 12.2.